The zero-order chi connectivity index (χ0) is 18.2. The summed E-state index contributed by atoms with van der Waals surface area (Å²) in [7, 11) is 0. The van der Waals surface area contributed by atoms with Gasteiger partial charge in [0.25, 0.3) is 5.91 Å². The summed E-state index contributed by atoms with van der Waals surface area (Å²) >= 11 is 1.13. The van der Waals surface area contributed by atoms with E-state index in [4.69, 9.17) is 4.74 Å². The lowest BCUT2D eigenvalue weighted by Crippen LogP contribution is -2.41. The fourth-order valence-corrected chi connectivity index (χ4v) is 2.69. The molecule has 0 aliphatic heterocycles. The summed E-state index contributed by atoms with van der Waals surface area (Å²) in [6.45, 7) is 4.74. The number of ether oxygens (including phenoxy) is 1. The van der Waals surface area contributed by atoms with Gasteiger partial charge < -0.3 is 10.1 Å². The molecule has 0 saturated heterocycles. The number of aryl methyl sites for hydroxylation is 1. The van der Waals surface area contributed by atoms with Crippen LogP contribution in [0.25, 0.3) is 10.7 Å². The minimum absolute atomic E-state index is 0.218. The van der Waals surface area contributed by atoms with Crippen molar-refractivity contribution in [3.05, 3.63) is 47.6 Å². The smallest absolute Gasteiger partial charge is 0.350 e. The number of hydrogen-bond acceptors (Lipinski definition) is 7. The third-order valence-electron chi connectivity index (χ3n) is 2.86. The van der Waals surface area contributed by atoms with Crippen molar-refractivity contribution >= 4 is 29.2 Å². The van der Waals surface area contributed by atoms with Gasteiger partial charge in [-0.2, -0.15) is 0 Å². The minimum atomic E-state index is -0.734. The van der Waals surface area contributed by atoms with Gasteiger partial charge in [-0.3, -0.25) is 15.1 Å². The van der Waals surface area contributed by atoms with Gasteiger partial charge in [0.1, 0.15) is 9.88 Å². The molecule has 0 aromatic carbocycles. The normalized spacial score (nSPS) is 9.96. The molecule has 0 saturated carbocycles. The minimum Gasteiger partial charge on any atom is -0.451 e. The maximum atomic E-state index is 12.1. The Kier molecular flexibility index (Phi) is 6.35. The van der Waals surface area contributed by atoms with E-state index in [0.717, 1.165) is 11.3 Å². The van der Waals surface area contributed by atoms with Crippen LogP contribution in [0.4, 0.5) is 4.79 Å². The third kappa shape index (κ3) is 5.21. The van der Waals surface area contributed by atoms with Crippen molar-refractivity contribution in [2.45, 2.75) is 6.92 Å². The van der Waals surface area contributed by atoms with E-state index in [2.05, 4.69) is 21.9 Å². The zero-order valence-electron chi connectivity index (χ0n) is 13.4. The summed E-state index contributed by atoms with van der Waals surface area (Å²) in [5.41, 5.74) is 1.13. The van der Waals surface area contributed by atoms with Crippen LogP contribution in [0.15, 0.2) is 37.1 Å². The first kappa shape index (κ1) is 18.3. The number of nitrogens with one attached hydrogen (secondary N) is 2. The fourth-order valence-electron chi connectivity index (χ4n) is 1.75. The molecule has 2 aromatic rings. The molecule has 0 unspecified atom stereocenters. The summed E-state index contributed by atoms with van der Waals surface area (Å²) in [5, 5.41) is 4.98. The molecule has 0 aliphatic carbocycles. The first-order chi connectivity index (χ1) is 12.0. The van der Waals surface area contributed by atoms with E-state index in [0.29, 0.717) is 16.4 Å². The number of hydrogen-bond donors (Lipinski definition) is 2. The molecule has 0 radical (unpaired) electrons. The maximum absolute atomic E-state index is 12.1. The molecule has 130 valence electrons. The molecule has 9 heteroatoms. The lowest BCUT2D eigenvalue weighted by molar-refractivity contribution is -0.123. The number of carbonyl (C=O) groups is 3. The summed E-state index contributed by atoms with van der Waals surface area (Å²) < 4.78 is 4.92. The number of esters is 1. The first-order valence-corrected chi connectivity index (χ1v) is 8.07. The Labute approximate surface area is 147 Å². The molecular formula is C16H16N4O4S. The van der Waals surface area contributed by atoms with E-state index in [9.17, 15) is 14.4 Å². The monoisotopic (exact) mass is 360 g/mol. The number of pyridine rings is 1. The van der Waals surface area contributed by atoms with Crippen molar-refractivity contribution in [2.75, 3.05) is 13.2 Å². The van der Waals surface area contributed by atoms with Crippen LogP contribution in [0, 0.1) is 6.92 Å². The Balaban J connectivity index is 1.93. The molecular weight excluding hydrogens is 344 g/mol. The molecule has 3 amide bonds. The van der Waals surface area contributed by atoms with Crippen LogP contribution in [0.1, 0.15) is 15.4 Å². The third-order valence-corrected chi connectivity index (χ3v) is 4.02. The number of carbonyl (C=O) groups excluding carboxylic acids is 3. The molecule has 0 spiro atoms. The topological polar surface area (TPSA) is 110 Å². The fraction of sp³-hybridized carbons (Fsp3) is 0.188. The Morgan fingerprint density at radius 1 is 1.36 bits per heavy atom. The van der Waals surface area contributed by atoms with E-state index >= 15 is 0 Å². The van der Waals surface area contributed by atoms with Crippen LogP contribution in [0.3, 0.4) is 0 Å². The first-order valence-electron chi connectivity index (χ1n) is 7.25. The molecule has 0 atom stereocenters. The highest BCUT2D eigenvalue weighted by Crippen LogP contribution is 2.26. The van der Waals surface area contributed by atoms with Crippen LogP contribution in [0.5, 0.6) is 0 Å². The number of nitrogens with zero attached hydrogens (tertiary/aromatic N) is 2. The van der Waals surface area contributed by atoms with Crippen molar-refractivity contribution in [1.82, 2.24) is 20.6 Å². The molecule has 2 aromatic heterocycles. The number of thiazole rings is 1. The highest BCUT2D eigenvalue weighted by Gasteiger charge is 2.19. The van der Waals surface area contributed by atoms with Crippen molar-refractivity contribution in [3.8, 4) is 10.7 Å². The van der Waals surface area contributed by atoms with E-state index in [1.54, 1.807) is 25.3 Å². The highest BCUT2D eigenvalue weighted by molar-refractivity contribution is 7.17. The summed E-state index contributed by atoms with van der Waals surface area (Å²) in [5.74, 6) is -1.42. The molecule has 25 heavy (non-hydrogen) atoms. The Hall–Kier alpha value is -3.07. The molecule has 2 N–H and O–H groups in total. The molecule has 2 rings (SSSR count). The van der Waals surface area contributed by atoms with Crippen LogP contribution < -0.4 is 10.6 Å². The lowest BCUT2D eigenvalue weighted by atomic mass is 10.3. The van der Waals surface area contributed by atoms with E-state index < -0.39 is 24.5 Å². The van der Waals surface area contributed by atoms with Crippen molar-refractivity contribution in [1.29, 1.82) is 0 Å². The van der Waals surface area contributed by atoms with Crippen LogP contribution in [-0.2, 0) is 9.53 Å². The van der Waals surface area contributed by atoms with Gasteiger partial charge in [0.05, 0.1) is 11.4 Å². The number of rotatable bonds is 6. The largest absolute Gasteiger partial charge is 0.451 e. The number of amides is 3. The number of imide groups is 1. The second-order valence-electron chi connectivity index (χ2n) is 4.77. The second kappa shape index (κ2) is 8.69. The SMILES string of the molecule is C=CCNC(=O)NC(=O)COC(=O)c1sc(-c2ccccn2)nc1C. The van der Waals surface area contributed by atoms with Gasteiger partial charge in [-0.15, -0.1) is 17.9 Å². The predicted octanol–water partition coefficient (Wildman–Crippen LogP) is 1.68. The van der Waals surface area contributed by atoms with Crippen LogP contribution >= 0.6 is 11.3 Å². The number of aromatic nitrogens is 2. The van der Waals surface area contributed by atoms with Gasteiger partial charge >= 0.3 is 12.0 Å². The average molecular weight is 360 g/mol. The molecule has 0 aliphatic rings. The van der Waals surface area contributed by atoms with E-state index in [-0.39, 0.29) is 11.4 Å². The Morgan fingerprint density at radius 3 is 2.84 bits per heavy atom. The molecule has 8 nitrogen and oxygen atoms in total. The summed E-state index contributed by atoms with van der Waals surface area (Å²) in [6.07, 6.45) is 3.10. The standard InChI is InChI=1S/C16H16N4O4S/c1-3-7-18-16(23)20-12(21)9-24-15(22)13-10(2)19-14(25-13)11-6-4-5-8-17-11/h3-6,8H,1,7,9H2,2H3,(H2,18,20,21,23). The molecule has 2 heterocycles. The van der Waals surface area contributed by atoms with Gasteiger partial charge in [-0.1, -0.05) is 12.1 Å². The van der Waals surface area contributed by atoms with Gasteiger partial charge in [0.2, 0.25) is 0 Å². The van der Waals surface area contributed by atoms with E-state index in [1.807, 2.05) is 11.4 Å². The predicted molar refractivity (Wildman–Crippen MR) is 92.1 cm³/mol. The molecule has 0 bridgehead atoms. The van der Waals surface area contributed by atoms with Gasteiger partial charge in [-0.25, -0.2) is 14.6 Å². The maximum Gasteiger partial charge on any atom is 0.350 e. The number of urea groups is 1. The van der Waals surface area contributed by atoms with Crippen LogP contribution in [0.2, 0.25) is 0 Å². The highest BCUT2D eigenvalue weighted by atomic mass is 32.1. The zero-order valence-corrected chi connectivity index (χ0v) is 14.3. The average Bonchev–Trinajstić information content (AvgIpc) is 3.00. The van der Waals surface area contributed by atoms with Gasteiger partial charge in [-0.05, 0) is 19.1 Å². The van der Waals surface area contributed by atoms with Crippen molar-refractivity contribution in [3.63, 3.8) is 0 Å². The van der Waals surface area contributed by atoms with Gasteiger partial charge in [0, 0.05) is 12.7 Å². The summed E-state index contributed by atoms with van der Waals surface area (Å²) in [4.78, 5) is 43.7. The summed E-state index contributed by atoms with van der Waals surface area (Å²) in [6, 6.07) is 4.69. The second-order valence-corrected chi connectivity index (χ2v) is 5.77. The van der Waals surface area contributed by atoms with Crippen molar-refractivity contribution < 1.29 is 19.1 Å². The van der Waals surface area contributed by atoms with E-state index in [1.165, 1.54) is 6.08 Å². The quantitative estimate of drug-likeness (QED) is 0.599. The Bertz CT molecular complexity index is 789. The van der Waals surface area contributed by atoms with Crippen molar-refractivity contribution in [2.24, 2.45) is 0 Å². The Morgan fingerprint density at radius 2 is 2.16 bits per heavy atom. The lowest BCUT2D eigenvalue weighted by Gasteiger charge is -2.05. The van der Waals surface area contributed by atoms with Crippen LogP contribution in [-0.4, -0.2) is 41.0 Å². The van der Waals surface area contributed by atoms with Gasteiger partial charge in [0.15, 0.2) is 6.61 Å². The molecule has 0 fully saturated rings.